The molecule has 4 heteroatoms. The highest BCUT2D eigenvalue weighted by Gasteiger charge is 2.22. The fourth-order valence-corrected chi connectivity index (χ4v) is 3.27. The summed E-state index contributed by atoms with van der Waals surface area (Å²) in [6, 6.07) is 8.71. The van der Waals surface area contributed by atoms with Crippen LogP contribution in [0.4, 0.5) is 0 Å². The maximum absolute atomic E-state index is 5.35. The van der Waals surface area contributed by atoms with E-state index in [-0.39, 0.29) is 0 Å². The zero-order valence-electron chi connectivity index (χ0n) is 11.8. The zero-order chi connectivity index (χ0) is 13.7. The fraction of sp³-hybridized carbons (Fsp3) is 0.533. The number of aliphatic imine (C=N–C) groups is 1. The Morgan fingerprint density at radius 3 is 2.89 bits per heavy atom. The van der Waals surface area contributed by atoms with Crippen LogP contribution in [0.1, 0.15) is 19.4 Å². The molecule has 1 aliphatic heterocycles. The van der Waals surface area contributed by atoms with Crippen molar-refractivity contribution in [1.82, 2.24) is 5.32 Å². The number of rotatable bonds is 5. The second kappa shape index (κ2) is 6.85. The molecule has 2 rings (SSSR count). The van der Waals surface area contributed by atoms with E-state index in [1.54, 1.807) is 7.11 Å². The minimum atomic E-state index is 0.565. The van der Waals surface area contributed by atoms with E-state index in [0.717, 1.165) is 29.6 Å². The quantitative estimate of drug-likeness (QED) is 0.899. The molecule has 1 unspecified atom stereocenters. The van der Waals surface area contributed by atoms with Gasteiger partial charge in [0, 0.05) is 18.3 Å². The second-order valence-corrected chi connectivity index (χ2v) is 6.06. The summed E-state index contributed by atoms with van der Waals surface area (Å²) in [7, 11) is 1.71. The van der Waals surface area contributed by atoms with E-state index in [1.165, 1.54) is 5.56 Å². The number of nitrogens with zero attached hydrogens (tertiary/aromatic N) is 1. The Kier molecular flexibility index (Phi) is 5.14. The molecular weight excluding hydrogens is 256 g/mol. The Morgan fingerprint density at radius 1 is 1.42 bits per heavy atom. The third kappa shape index (κ3) is 3.90. The molecule has 1 aromatic carbocycles. The first-order valence-electron chi connectivity index (χ1n) is 6.76. The van der Waals surface area contributed by atoms with E-state index in [2.05, 4.69) is 30.2 Å². The summed E-state index contributed by atoms with van der Waals surface area (Å²) in [5, 5.41) is 4.58. The molecule has 1 heterocycles. The highest BCUT2D eigenvalue weighted by atomic mass is 32.2. The highest BCUT2D eigenvalue weighted by Crippen LogP contribution is 2.20. The molecule has 1 N–H and O–H groups in total. The minimum Gasteiger partial charge on any atom is -0.496 e. The lowest BCUT2D eigenvalue weighted by Crippen LogP contribution is -2.31. The maximum atomic E-state index is 5.35. The lowest BCUT2D eigenvalue weighted by Gasteiger charge is -2.13. The summed E-state index contributed by atoms with van der Waals surface area (Å²) < 4.78 is 5.35. The van der Waals surface area contributed by atoms with Gasteiger partial charge in [-0.1, -0.05) is 43.8 Å². The molecule has 104 valence electrons. The molecule has 1 atom stereocenters. The van der Waals surface area contributed by atoms with Crippen LogP contribution in [0.2, 0.25) is 0 Å². The summed E-state index contributed by atoms with van der Waals surface area (Å²) in [5.41, 5.74) is 1.22. The average molecular weight is 278 g/mol. The van der Waals surface area contributed by atoms with Gasteiger partial charge in [0.25, 0.3) is 0 Å². The van der Waals surface area contributed by atoms with Crippen molar-refractivity contribution >= 4 is 16.9 Å². The van der Waals surface area contributed by atoms with Crippen LogP contribution in [0.5, 0.6) is 5.75 Å². The van der Waals surface area contributed by atoms with Gasteiger partial charge in [-0.05, 0) is 24.0 Å². The Labute approximate surface area is 119 Å². The van der Waals surface area contributed by atoms with Gasteiger partial charge < -0.3 is 10.1 Å². The monoisotopic (exact) mass is 278 g/mol. The lowest BCUT2D eigenvalue weighted by atomic mass is 10.1. The van der Waals surface area contributed by atoms with Crippen LogP contribution in [-0.2, 0) is 6.42 Å². The van der Waals surface area contributed by atoms with Crippen molar-refractivity contribution in [2.75, 3.05) is 19.4 Å². The van der Waals surface area contributed by atoms with Crippen LogP contribution in [0.3, 0.4) is 0 Å². The second-order valence-electron chi connectivity index (χ2n) is 5.05. The predicted molar refractivity (Wildman–Crippen MR) is 83.2 cm³/mol. The van der Waals surface area contributed by atoms with Crippen LogP contribution in [-0.4, -0.2) is 30.6 Å². The lowest BCUT2D eigenvalue weighted by molar-refractivity contribution is 0.410. The topological polar surface area (TPSA) is 33.6 Å². The van der Waals surface area contributed by atoms with Gasteiger partial charge in [-0.3, -0.25) is 4.99 Å². The molecule has 0 bridgehead atoms. The number of hydrogen-bond acceptors (Lipinski definition) is 3. The number of benzene rings is 1. The summed E-state index contributed by atoms with van der Waals surface area (Å²) in [6.45, 7) is 5.30. The van der Waals surface area contributed by atoms with Crippen molar-refractivity contribution in [3.05, 3.63) is 29.8 Å². The van der Waals surface area contributed by atoms with E-state index in [4.69, 9.17) is 4.74 Å². The first-order chi connectivity index (χ1) is 9.20. The molecule has 0 amide bonds. The van der Waals surface area contributed by atoms with Gasteiger partial charge >= 0.3 is 0 Å². The van der Waals surface area contributed by atoms with Gasteiger partial charge in [0.05, 0.1) is 7.11 Å². The van der Waals surface area contributed by atoms with Crippen molar-refractivity contribution in [2.45, 2.75) is 26.3 Å². The summed E-state index contributed by atoms with van der Waals surface area (Å²) >= 11 is 1.83. The molecule has 0 aromatic heterocycles. The van der Waals surface area contributed by atoms with Crippen LogP contribution >= 0.6 is 11.8 Å². The number of thioether (sulfide) groups is 1. The van der Waals surface area contributed by atoms with Crippen molar-refractivity contribution in [3.63, 3.8) is 0 Å². The Hall–Kier alpha value is -1.16. The number of ether oxygens (including phenoxy) is 1. The molecule has 1 fully saturated rings. The van der Waals surface area contributed by atoms with Crippen molar-refractivity contribution in [2.24, 2.45) is 10.9 Å². The van der Waals surface area contributed by atoms with E-state index in [9.17, 15) is 0 Å². The largest absolute Gasteiger partial charge is 0.496 e. The molecule has 1 aliphatic rings. The predicted octanol–water partition coefficient (Wildman–Crippen LogP) is 2.95. The van der Waals surface area contributed by atoms with Gasteiger partial charge in [-0.15, -0.1) is 0 Å². The molecule has 0 spiro atoms. The SMILES string of the molecule is COc1ccccc1CCN=C1NC(C(C)C)CS1. The van der Waals surface area contributed by atoms with E-state index in [1.807, 2.05) is 30.0 Å². The molecule has 0 radical (unpaired) electrons. The molecular formula is C15H22N2OS. The number of amidine groups is 1. The number of nitrogens with one attached hydrogen (secondary N) is 1. The normalized spacial score (nSPS) is 20.8. The van der Waals surface area contributed by atoms with E-state index < -0.39 is 0 Å². The van der Waals surface area contributed by atoms with Crippen LogP contribution in [0, 0.1) is 5.92 Å². The van der Waals surface area contributed by atoms with Gasteiger partial charge in [0.15, 0.2) is 5.17 Å². The highest BCUT2D eigenvalue weighted by molar-refractivity contribution is 8.14. The standard InChI is InChI=1S/C15H22N2OS/c1-11(2)13-10-19-15(17-13)16-9-8-12-6-4-5-7-14(12)18-3/h4-7,11,13H,8-10H2,1-3H3,(H,16,17). The average Bonchev–Trinajstić information content (AvgIpc) is 2.88. The number of para-hydroxylation sites is 1. The van der Waals surface area contributed by atoms with Gasteiger partial charge in [-0.2, -0.15) is 0 Å². The van der Waals surface area contributed by atoms with Crippen LogP contribution in [0.25, 0.3) is 0 Å². The van der Waals surface area contributed by atoms with Crippen molar-refractivity contribution in [3.8, 4) is 5.75 Å². The van der Waals surface area contributed by atoms with Gasteiger partial charge in [-0.25, -0.2) is 0 Å². The third-order valence-corrected chi connectivity index (χ3v) is 4.39. The van der Waals surface area contributed by atoms with Crippen molar-refractivity contribution in [1.29, 1.82) is 0 Å². The number of hydrogen-bond donors (Lipinski definition) is 1. The van der Waals surface area contributed by atoms with Crippen LogP contribution < -0.4 is 10.1 Å². The molecule has 1 aromatic rings. The Balaban J connectivity index is 1.87. The van der Waals surface area contributed by atoms with Gasteiger partial charge in [0.2, 0.25) is 0 Å². The number of methoxy groups -OCH3 is 1. The van der Waals surface area contributed by atoms with Crippen molar-refractivity contribution < 1.29 is 4.74 Å². The van der Waals surface area contributed by atoms with Crippen LogP contribution in [0.15, 0.2) is 29.3 Å². The third-order valence-electron chi connectivity index (χ3n) is 3.34. The molecule has 0 aliphatic carbocycles. The summed E-state index contributed by atoms with van der Waals surface area (Å²) in [5.74, 6) is 2.75. The van der Waals surface area contributed by atoms with E-state index >= 15 is 0 Å². The molecule has 0 saturated carbocycles. The smallest absolute Gasteiger partial charge is 0.156 e. The Morgan fingerprint density at radius 2 is 2.21 bits per heavy atom. The fourth-order valence-electron chi connectivity index (χ4n) is 2.05. The first kappa shape index (κ1) is 14.3. The maximum Gasteiger partial charge on any atom is 0.156 e. The minimum absolute atomic E-state index is 0.565. The zero-order valence-corrected chi connectivity index (χ0v) is 12.7. The molecule has 19 heavy (non-hydrogen) atoms. The summed E-state index contributed by atoms with van der Waals surface area (Å²) in [4.78, 5) is 4.64. The Bertz CT molecular complexity index is 446. The van der Waals surface area contributed by atoms with E-state index in [0.29, 0.717) is 12.0 Å². The van der Waals surface area contributed by atoms with Gasteiger partial charge in [0.1, 0.15) is 5.75 Å². The summed E-state index contributed by atoms with van der Waals surface area (Å²) in [6.07, 6.45) is 0.919. The first-order valence-corrected chi connectivity index (χ1v) is 7.75. The molecule has 1 saturated heterocycles. The molecule has 3 nitrogen and oxygen atoms in total.